The van der Waals surface area contributed by atoms with Gasteiger partial charge in [0.25, 0.3) is 0 Å². The average Bonchev–Trinajstić information content (AvgIpc) is 3.57. The van der Waals surface area contributed by atoms with Crippen LogP contribution < -0.4 is 15.8 Å². The summed E-state index contributed by atoms with van der Waals surface area (Å²) >= 11 is 0. The molecule has 2 fully saturated rings. The first-order chi connectivity index (χ1) is 19.9. The van der Waals surface area contributed by atoms with Crippen LogP contribution in [0.5, 0.6) is 5.75 Å². The van der Waals surface area contributed by atoms with Gasteiger partial charge in [-0.05, 0) is 51.8 Å². The third kappa shape index (κ3) is 5.62. The van der Waals surface area contributed by atoms with Crippen LogP contribution in [-0.2, 0) is 11.2 Å². The molecule has 3 N–H and O–H groups in total. The number of nitrogen functional groups attached to an aromatic ring is 1. The summed E-state index contributed by atoms with van der Waals surface area (Å²) in [5.74, 6) is 1.34. The van der Waals surface area contributed by atoms with Crippen molar-refractivity contribution in [1.82, 2.24) is 34.7 Å². The van der Waals surface area contributed by atoms with Crippen LogP contribution in [0.3, 0.4) is 0 Å². The van der Waals surface area contributed by atoms with Crippen molar-refractivity contribution in [2.75, 3.05) is 51.4 Å². The number of nitrogens with one attached hydrogen (secondary N) is 1. The second-order valence-corrected chi connectivity index (χ2v) is 11.1. The number of hydrogen-bond acceptors (Lipinski definition) is 10. The van der Waals surface area contributed by atoms with Gasteiger partial charge in [-0.3, -0.25) is 9.69 Å². The van der Waals surface area contributed by atoms with Crippen molar-refractivity contribution >= 4 is 28.4 Å². The Balaban J connectivity index is 1.23. The van der Waals surface area contributed by atoms with Gasteiger partial charge < -0.3 is 25.2 Å². The van der Waals surface area contributed by atoms with E-state index in [1.165, 1.54) is 6.33 Å². The number of likely N-dealkylation sites (N-methyl/N-ethyl adjacent to an activating group) is 1. The second kappa shape index (κ2) is 11.5. The number of nitrogens with zero attached hydrogens (tertiary/aromatic N) is 7. The lowest BCUT2D eigenvalue weighted by Crippen LogP contribution is -2.49. The van der Waals surface area contributed by atoms with Crippen LogP contribution >= 0.6 is 0 Å². The summed E-state index contributed by atoms with van der Waals surface area (Å²) in [6, 6.07) is 8.19. The van der Waals surface area contributed by atoms with Crippen molar-refractivity contribution in [2.24, 2.45) is 0 Å². The Labute approximate surface area is 238 Å². The van der Waals surface area contributed by atoms with Gasteiger partial charge in [-0.25, -0.2) is 14.6 Å². The highest BCUT2D eigenvalue weighted by molar-refractivity contribution is 5.99. The number of aromatic nitrogens is 5. The lowest BCUT2D eigenvalue weighted by molar-refractivity contribution is -0.115. The normalized spacial score (nSPS) is 20.4. The number of rotatable bonds is 7. The molecule has 0 atom stereocenters. The van der Waals surface area contributed by atoms with E-state index >= 15 is 0 Å². The summed E-state index contributed by atoms with van der Waals surface area (Å²) in [7, 11) is 3.77. The van der Waals surface area contributed by atoms with Gasteiger partial charge in [0, 0.05) is 43.9 Å². The number of anilines is 2. The summed E-state index contributed by atoms with van der Waals surface area (Å²) in [6.45, 7) is 6.34. The molecule has 41 heavy (non-hydrogen) atoms. The summed E-state index contributed by atoms with van der Waals surface area (Å²) in [6.07, 6.45) is 5.96. The van der Waals surface area contributed by atoms with Crippen molar-refractivity contribution in [1.29, 1.82) is 0 Å². The highest BCUT2D eigenvalue weighted by Gasteiger charge is 2.31. The van der Waals surface area contributed by atoms with Crippen LogP contribution in [0.4, 0.5) is 11.5 Å². The minimum absolute atomic E-state index is 0.0994. The molecule has 0 spiro atoms. The number of benzene rings is 1. The van der Waals surface area contributed by atoms with Crippen LogP contribution in [0.2, 0.25) is 0 Å². The SMILES string of the molecule is COc1cc(-c2nn(C3CCC(N4CCN(C)CC4)CC3)c3ncnc(N)c23)ccc1NC(=O)Cc1cc(C)on1. The molecule has 4 heterocycles. The monoisotopic (exact) mass is 559 g/mol. The first kappa shape index (κ1) is 27.2. The Morgan fingerprint density at radius 1 is 1.10 bits per heavy atom. The molecule has 6 rings (SSSR count). The molecule has 1 aliphatic heterocycles. The number of fused-ring (bicyclic) bond motifs is 1. The zero-order valence-corrected chi connectivity index (χ0v) is 23.8. The van der Waals surface area contributed by atoms with Crippen molar-refractivity contribution in [2.45, 2.75) is 51.1 Å². The van der Waals surface area contributed by atoms with Crippen molar-refractivity contribution in [3.8, 4) is 17.0 Å². The standard InChI is InChI=1S/C29H37N9O3/c1-18-14-20(35-41-18)16-25(39)33-23-9-4-19(15-24(23)40-3)27-26-28(30)31-17-32-29(26)38(34-27)22-7-5-21(6-8-22)37-12-10-36(2)11-13-37/h4,9,14-15,17,21-22H,5-8,10-13,16H2,1-3H3,(H,33,39)(H2,30,31,32). The Hall–Kier alpha value is -4.03. The van der Waals surface area contributed by atoms with Gasteiger partial charge in [-0.2, -0.15) is 5.10 Å². The second-order valence-electron chi connectivity index (χ2n) is 11.1. The fourth-order valence-corrected chi connectivity index (χ4v) is 6.11. The van der Waals surface area contributed by atoms with E-state index in [0.717, 1.165) is 68.5 Å². The van der Waals surface area contributed by atoms with E-state index < -0.39 is 0 Å². The van der Waals surface area contributed by atoms with Gasteiger partial charge in [0.2, 0.25) is 5.91 Å². The lowest BCUT2D eigenvalue weighted by Gasteiger charge is -2.41. The lowest BCUT2D eigenvalue weighted by atomic mass is 9.90. The molecule has 0 bridgehead atoms. The maximum atomic E-state index is 12.6. The third-order valence-corrected chi connectivity index (χ3v) is 8.35. The Bertz CT molecular complexity index is 1530. The fourth-order valence-electron chi connectivity index (χ4n) is 6.11. The summed E-state index contributed by atoms with van der Waals surface area (Å²) in [5, 5.41) is 12.6. The quantitative estimate of drug-likeness (QED) is 0.347. The molecule has 1 aromatic carbocycles. The van der Waals surface area contributed by atoms with Gasteiger partial charge in [0.05, 0.1) is 36.3 Å². The topological polar surface area (TPSA) is 140 Å². The highest BCUT2D eigenvalue weighted by atomic mass is 16.5. The van der Waals surface area contributed by atoms with Crippen LogP contribution in [0.1, 0.15) is 43.2 Å². The number of amides is 1. The maximum Gasteiger partial charge on any atom is 0.230 e. The van der Waals surface area contributed by atoms with Crippen molar-refractivity contribution in [3.05, 3.63) is 42.0 Å². The largest absolute Gasteiger partial charge is 0.495 e. The molecule has 1 aliphatic carbocycles. The summed E-state index contributed by atoms with van der Waals surface area (Å²) in [4.78, 5) is 26.6. The number of carbonyl (C=O) groups excluding carboxylic acids is 1. The molecule has 4 aromatic rings. The van der Waals surface area contributed by atoms with E-state index in [4.69, 9.17) is 20.1 Å². The number of hydrogen-bond donors (Lipinski definition) is 2. The van der Waals surface area contributed by atoms with Gasteiger partial charge in [-0.15, -0.1) is 0 Å². The number of methoxy groups -OCH3 is 1. The molecular formula is C29H37N9O3. The number of ether oxygens (including phenoxy) is 1. The van der Waals surface area contributed by atoms with Gasteiger partial charge in [0.15, 0.2) is 5.65 Å². The predicted molar refractivity (Wildman–Crippen MR) is 156 cm³/mol. The molecule has 0 radical (unpaired) electrons. The molecule has 2 aliphatic rings. The molecule has 12 heteroatoms. The number of aryl methyl sites for hydroxylation is 1. The van der Waals surface area contributed by atoms with Gasteiger partial charge >= 0.3 is 0 Å². The molecule has 1 saturated carbocycles. The highest BCUT2D eigenvalue weighted by Crippen LogP contribution is 2.39. The zero-order valence-electron chi connectivity index (χ0n) is 23.8. The first-order valence-electron chi connectivity index (χ1n) is 14.2. The molecule has 1 saturated heterocycles. The Morgan fingerprint density at radius 3 is 2.56 bits per heavy atom. The number of nitrogens with two attached hydrogens (primary N) is 1. The van der Waals surface area contributed by atoms with Crippen LogP contribution in [0.15, 0.2) is 35.1 Å². The van der Waals surface area contributed by atoms with E-state index in [0.29, 0.717) is 40.4 Å². The van der Waals surface area contributed by atoms with E-state index in [-0.39, 0.29) is 18.4 Å². The zero-order chi connectivity index (χ0) is 28.5. The summed E-state index contributed by atoms with van der Waals surface area (Å²) in [5.41, 5.74) is 9.77. The maximum absolute atomic E-state index is 12.6. The Kier molecular flexibility index (Phi) is 7.59. The average molecular weight is 560 g/mol. The molecule has 0 unspecified atom stereocenters. The van der Waals surface area contributed by atoms with Gasteiger partial charge in [-0.1, -0.05) is 11.2 Å². The smallest absolute Gasteiger partial charge is 0.230 e. The van der Waals surface area contributed by atoms with Crippen LogP contribution in [-0.4, -0.2) is 87.0 Å². The fraction of sp³-hybridized carbons (Fsp3) is 0.483. The van der Waals surface area contributed by atoms with Crippen LogP contribution in [0.25, 0.3) is 22.3 Å². The Morgan fingerprint density at radius 2 is 1.85 bits per heavy atom. The van der Waals surface area contributed by atoms with Crippen molar-refractivity contribution < 1.29 is 14.1 Å². The first-order valence-corrected chi connectivity index (χ1v) is 14.2. The summed E-state index contributed by atoms with van der Waals surface area (Å²) < 4.78 is 12.8. The molecule has 3 aromatic heterocycles. The van der Waals surface area contributed by atoms with E-state index in [2.05, 4.69) is 37.3 Å². The number of carbonyl (C=O) groups is 1. The molecular weight excluding hydrogens is 522 g/mol. The van der Waals surface area contributed by atoms with Gasteiger partial charge in [0.1, 0.15) is 29.3 Å². The van der Waals surface area contributed by atoms with E-state index in [1.54, 1.807) is 20.1 Å². The van der Waals surface area contributed by atoms with E-state index in [9.17, 15) is 4.79 Å². The van der Waals surface area contributed by atoms with E-state index in [1.807, 2.05) is 22.9 Å². The minimum atomic E-state index is -0.219. The molecule has 12 nitrogen and oxygen atoms in total. The molecule has 1 amide bonds. The molecule has 216 valence electrons. The van der Waals surface area contributed by atoms with Crippen LogP contribution in [0, 0.1) is 6.92 Å². The van der Waals surface area contributed by atoms with Crippen molar-refractivity contribution in [3.63, 3.8) is 0 Å². The predicted octanol–water partition coefficient (Wildman–Crippen LogP) is 3.29. The minimum Gasteiger partial charge on any atom is -0.495 e. The number of piperazine rings is 1. The third-order valence-electron chi connectivity index (χ3n) is 8.35.